The summed E-state index contributed by atoms with van der Waals surface area (Å²) in [5, 5.41) is 7.31. The minimum atomic E-state index is 0.0923. The van der Waals surface area contributed by atoms with Gasteiger partial charge in [-0.05, 0) is 30.2 Å². The van der Waals surface area contributed by atoms with Crippen LogP contribution in [0.3, 0.4) is 0 Å². The second kappa shape index (κ2) is 5.11. The van der Waals surface area contributed by atoms with Crippen LogP contribution in [0, 0.1) is 0 Å². The molecular weight excluding hydrogens is 242 g/mol. The van der Waals surface area contributed by atoms with Gasteiger partial charge in [-0.25, -0.2) is 0 Å². The zero-order chi connectivity index (χ0) is 13.2. The van der Waals surface area contributed by atoms with Crippen molar-refractivity contribution in [3.63, 3.8) is 0 Å². The maximum absolute atomic E-state index is 5.32. The summed E-state index contributed by atoms with van der Waals surface area (Å²) in [5.41, 5.74) is 3.63. The molecule has 1 atom stereocenters. The molecule has 1 aliphatic heterocycles. The SMILES string of the molecule is COC(C)Cc1noc(-c2ccc3c(c2)CNC3)n1. The largest absolute Gasteiger partial charge is 0.381 e. The van der Waals surface area contributed by atoms with Gasteiger partial charge in [-0.1, -0.05) is 11.2 Å². The van der Waals surface area contributed by atoms with E-state index in [4.69, 9.17) is 9.26 Å². The summed E-state index contributed by atoms with van der Waals surface area (Å²) in [6.07, 6.45) is 0.752. The van der Waals surface area contributed by atoms with Crippen molar-refractivity contribution in [3.8, 4) is 11.5 Å². The van der Waals surface area contributed by atoms with E-state index in [1.54, 1.807) is 7.11 Å². The number of nitrogens with one attached hydrogen (secondary N) is 1. The molecule has 19 heavy (non-hydrogen) atoms. The van der Waals surface area contributed by atoms with Crippen molar-refractivity contribution in [1.82, 2.24) is 15.5 Å². The Morgan fingerprint density at radius 2 is 2.21 bits per heavy atom. The van der Waals surface area contributed by atoms with Gasteiger partial charge in [0.25, 0.3) is 5.89 Å². The highest BCUT2D eigenvalue weighted by Crippen LogP contribution is 2.24. The third kappa shape index (κ3) is 2.52. The lowest BCUT2D eigenvalue weighted by Gasteiger charge is -2.04. The first kappa shape index (κ1) is 12.3. The lowest BCUT2D eigenvalue weighted by molar-refractivity contribution is 0.116. The molecule has 0 radical (unpaired) electrons. The number of methoxy groups -OCH3 is 1. The Morgan fingerprint density at radius 1 is 1.37 bits per heavy atom. The smallest absolute Gasteiger partial charge is 0.257 e. The van der Waals surface area contributed by atoms with E-state index in [0.29, 0.717) is 18.1 Å². The molecule has 3 rings (SSSR count). The van der Waals surface area contributed by atoms with Crippen LogP contribution in [0.15, 0.2) is 22.7 Å². The molecule has 0 bridgehead atoms. The Hall–Kier alpha value is -1.72. The summed E-state index contributed by atoms with van der Waals surface area (Å²) >= 11 is 0. The van der Waals surface area contributed by atoms with Crippen molar-refractivity contribution in [3.05, 3.63) is 35.2 Å². The van der Waals surface area contributed by atoms with E-state index in [1.807, 2.05) is 13.0 Å². The van der Waals surface area contributed by atoms with Crippen molar-refractivity contribution in [1.29, 1.82) is 0 Å². The fourth-order valence-electron chi connectivity index (χ4n) is 2.22. The number of benzene rings is 1. The van der Waals surface area contributed by atoms with Crippen molar-refractivity contribution >= 4 is 0 Å². The first-order valence-corrected chi connectivity index (χ1v) is 6.44. The van der Waals surface area contributed by atoms with Crippen LogP contribution in [-0.2, 0) is 24.2 Å². The van der Waals surface area contributed by atoms with Crippen LogP contribution in [0.2, 0.25) is 0 Å². The maximum atomic E-state index is 5.32. The van der Waals surface area contributed by atoms with E-state index in [0.717, 1.165) is 18.7 Å². The fraction of sp³-hybridized carbons (Fsp3) is 0.429. The minimum absolute atomic E-state index is 0.0923. The van der Waals surface area contributed by atoms with Gasteiger partial charge in [-0.2, -0.15) is 4.98 Å². The summed E-state index contributed by atoms with van der Waals surface area (Å²) < 4.78 is 10.5. The Kier molecular flexibility index (Phi) is 3.31. The molecule has 0 saturated heterocycles. The van der Waals surface area contributed by atoms with Gasteiger partial charge in [-0.3, -0.25) is 0 Å². The van der Waals surface area contributed by atoms with Crippen LogP contribution < -0.4 is 5.32 Å². The summed E-state index contributed by atoms with van der Waals surface area (Å²) in [6.45, 7) is 3.83. The van der Waals surface area contributed by atoms with E-state index < -0.39 is 0 Å². The second-order valence-electron chi connectivity index (χ2n) is 4.85. The van der Waals surface area contributed by atoms with Crippen LogP contribution in [-0.4, -0.2) is 23.4 Å². The zero-order valence-corrected chi connectivity index (χ0v) is 11.1. The number of aromatic nitrogens is 2. The molecule has 5 nitrogen and oxygen atoms in total. The number of nitrogens with zero attached hydrogens (tertiary/aromatic N) is 2. The normalized spacial score (nSPS) is 15.5. The lowest BCUT2D eigenvalue weighted by atomic mass is 10.1. The molecule has 0 amide bonds. The predicted octanol–water partition coefficient (Wildman–Crippen LogP) is 1.92. The van der Waals surface area contributed by atoms with Gasteiger partial charge in [0.15, 0.2) is 5.82 Å². The molecule has 0 saturated carbocycles. The van der Waals surface area contributed by atoms with Gasteiger partial charge >= 0.3 is 0 Å². The molecule has 2 aromatic rings. The molecule has 0 aliphatic carbocycles. The standard InChI is InChI=1S/C14H17N3O2/c1-9(18-2)5-13-16-14(19-17-13)10-3-4-11-7-15-8-12(11)6-10/h3-4,6,9,15H,5,7-8H2,1-2H3. The van der Waals surface area contributed by atoms with E-state index in [2.05, 4.69) is 27.6 Å². The van der Waals surface area contributed by atoms with Gasteiger partial charge in [-0.15, -0.1) is 0 Å². The fourth-order valence-corrected chi connectivity index (χ4v) is 2.22. The molecular formula is C14H17N3O2. The summed E-state index contributed by atoms with van der Waals surface area (Å²) in [4.78, 5) is 4.42. The van der Waals surface area contributed by atoms with Gasteiger partial charge in [0.05, 0.1) is 6.10 Å². The van der Waals surface area contributed by atoms with Crippen LogP contribution >= 0.6 is 0 Å². The summed E-state index contributed by atoms with van der Waals surface area (Å²) in [7, 11) is 1.68. The van der Waals surface area contributed by atoms with Gasteiger partial charge in [0.1, 0.15) is 0 Å². The van der Waals surface area contributed by atoms with Gasteiger partial charge in [0, 0.05) is 32.2 Å². The molecule has 100 valence electrons. The summed E-state index contributed by atoms with van der Waals surface area (Å²) in [6, 6.07) is 6.27. The highest BCUT2D eigenvalue weighted by molar-refractivity contribution is 5.56. The average molecular weight is 259 g/mol. The number of rotatable bonds is 4. The van der Waals surface area contributed by atoms with Gasteiger partial charge in [0.2, 0.25) is 0 Å². The van der Waals surface area contributed by atoms with Crippen LogP contribution in [0.5, 0.6) is 0 Å². The van der Waals surface area contributed by atoms with Crippen molar-refractivity contribution < 1.29 is 9.26 Å². The lowest BCUT2D eigenvalue weighted by Crippen LogP contribution is -2.09. The Morgan fingerprint density at radius 3 is 3.05 bits per heavy atom. The topological polar surface area (TPSA) is 60.2 Å². The molecule has 1 aromatic heterocycles. The number of fused-ring (bicyclic) bond motifs is 1. The Labute approximate surface area is 112 Å². The van der Waals surface area contributed by atoms with Gasteiger partial charge < -0.3 is 14.6 Å². The second-order valence-corrected chi connectivity index (χ2v) is 4.85. The number of ether oxygens (including phenoxy) is 1. The average Bonchev–Trinajstić information content (AvgIpc) is 3.05. The maximum Gasteiger partial charge on any atom is 0.257 e. The van der Waals surface area contributed by atoms with E-state index >= 15 is 0 Å². The molecule has 1 aromatic carbocycles. The van der Waals surface area contributed by atoms with E-state index in [9.17, 15) is 0 Å². The highest BCUT2D eigenvalue weighted by Gasteiger charge is 2.15. The minimum Gasteiger partial charge on any atom is -0.381 e. The van der Waals surface area contributed by atoms with E-state index in [1.165, 1.54) is 11.1 Å². The number of hydrogen-bond donors (Lipinski definition) is 1. The Balaban J connectivity index is 1.82. The quantitative estimate of drug-likeness (QED) is 0.909. The molecule has 1 aliphatic rings. The molecule has 1 unspecified atom stereocenters. The van der Waals surface area contributed by atoms with Crippen LogP contribution in [0.4, 0.5) is 0 Å². The van der Waals surface area contributed by atoms with Crippen LogP contribution in [0.1, 0.15) is 23.9 Å². The predicted molar refractivity (Wildman–Crippen MR) is 70.5 cm³/mol. The van der Waals surface area contributed by atoms with Crippen LogP contribution in [0.25, 0.3) is 11.5 Å². The first-order valence-electron chi connectivity index (χ1n) is 6.44. The molecule has 2 heterocycles. The monoisotopic (exact) mass is 259 g/mol. The third-order valence-corrected chi connectivity index (χ3v) is 3.42. The van der Waals surface area contributed by atoms with E-state index in [-0.39, 0.29) is 6.10 Å². The zero-order valence-electron chi connectivity index (χ0n) is 11.1. The highest BCUT2D eigenvalue weighted by atomic mass is 16.5. The molecule has 0 spiro atoms. The molecule has 5 heteroatoms. The molecule has 1 N–H and O–H groups in total. The van der Waals surface area contributed by atoms with Crippen molar-refractivity contribution in [2.75, 3.05) is 7.11 Å². The van der Waals surface area contributed by atoms with Crippen molar-refractivity contribution in [2.24, 2.45) is 0 Å². The first-order chi connectivity index (χ1) is 9.26. The number of hydrogen-bond acceptors (Lipinski definition) is 5. The van der Waals surface area contributed by atoms with Crippen molar-refractivity contribution in [2.45, 2.75) is 32.5 Å². The molecule has 0 fully saturated rings. The Bertz CT molecular complexity index is 580. The third-order valence-electron chi connectivity index (χ3n) is 3.42. The summed E-state index contributed by atoms with van der Waals surface area (Å²) in [5.74, 6) is 1.26.